The molecule has 0 saturated carbocycles. The van der Waals surface area contributed by atoms with Gasteiger partial charge in [0.05, 0.1) is 11.7 Å². The van der Waals surface area contributed by atoms with E-state index in [9.17, 15) is 5.11 Å². The molecule has 90 valence electrons. The van der Waals surface area contributed by atoms with Gasteiger partial charge in [-0.3, -0.25) is 0 Å². The molecule has 0 spiro atoms. The zero-order chi connectivity index (χ0) is 11.3. The summed E-state index contributed by atoms with van der Waals surface area (Å²) in [6.07, 6.45) is 3.47. The molecule has 15 heavy (non-hydrogen) atoms. The number of nitrogens with zero attached hydrogens (tertiary/aromatic N) is 1. The van der Waals surface area contributed by atoms with Crippen LogP contribution in [0.1, 0.15) is 40.0 Å². The van der Waals surface area contributed by atoms with Gasteiger partial charge >= 0.3 is 0 Å². The zero-order valence-electron chi connectivity index (χ0n) is 10.3. The van der Waals surface area contributed by atoms with Crippen molar-refractivity contribution in [1.29, 1.82) is 0 Å². The van der Waals surface area contributed by atoms with Gasteiger partial charge in [-0.25, -0.2) is 0 Å². The highest BCUT2D eigenvalue weighted by Gasteiger charge is 2.25. The van der Waals surface area contributed by atoms with Crippen LogP contribution < -0.4 is 0 Å². The van der Waals surface area contributed by atoms with Crippen LogP contribution in [0, 0.1) is 0 Å². The van der Waals surface area contributed by atoms with Crippen LogP contribution in [-0.2, 0) is 4.74 Å². The normalized spacial score (nSPS) is 24.0. The van der Waals surface area contributed by atoms with Crippen molar-refractivity contribution in [1.82, 2.24) is 4.90 Å². The topological polar surface area (TPSA) is 32.7 Å². The van der Waals surface area contributed by atoms with Crippen LogP contribution >= 0.6 is 0 Å². The van der Waals surface area contributed by atoms with Gasteiger partial charge in [-0.15, -0.1) is 0 Å². The fourth-order valence-corrected chi connectivity index (χ4v) is 2.06. The summed E-state index contributed by atoms with van der Waals surface area (Å²) >= 11 is 0. The molecule has 0 amide bonds. The number of piperidine rings is 1. The van der Waals surface area contributed by atoms with E-state index in [1.54, 1.807) is 0 Å². The van der Waals surface area contributed by atoms with Gasteiger partial charge < -0.3 is 14.7 Å². The fraction of sp³-hybridized carbons (Fsp3) is 1.00. The highest BCUT2D eigenvalue weighted by molar-refractivity contribution is 4.80. The Balaban J connectivity index is 2.25. The quantitative estimate of drug-likeness (QED) is 0.757. The Morgan fingerprint density at radius 3 is 2.40 bits per heavy atom. The number of β-amino-alcohol motifs (C(OH)–C–C–N with tert-alkyl or cyclic N) is 1. The first-order valence-corrected chi connectivity index (χ1v) is 6.13. The van der Waals surface area contributed by atoms with Crippen LogP contribution in [-0.4, -0.2) is 48.0 Å². The van der Waals surface area contributed by atoms with Crippen molar-refractivity contribution in [2.24, 2.45) is 0 Å². The number of hydrogen-bond acceptors (Lipinski definition) is 3. The van der Waals surface area contributed by atoms with E-state index in [0.29, 0.717) is 6.10 Å². The van der Waals surface area contributed by atoms with Crippen molar-refractivity contribution in [3.05, 3.63) is 0 Å². The minimum Gasteiger partial charge on any atom is -0.389 e. The van der Waals surface area contributed by atoms with Crippen LogP contribution in [0.15, 0.2) is 0 Å². The van der Waals surface area contributed by atoms with E-state index in [2.05, 4.69) is 4.90 Å². The molecule has 0 aromatic heterocycles. The van der Waals surface area contributed by atoms with E-state index in [1.807, 2.05) is 20.8 Å². The van der Waals surface area contributed by atoms with Crippen molar-refractivity contribution in [2.75, 3.05) is 26.2 Å². The maximum atomic E-state index is 9.97. The van der Waals surface area contributed by atoms with Crippen molar-refractivity contribution >= 4 is 0 Å². The Bertz CT molecular complexity index is 174. The number of aliphatic hydroxyl groups is 1. The summed E-state index contributed by atoms with van der Waals surface area (Å²) in [6, 6.07) is 0. The van der Waals surface area contributed by atoms with E-state index >= 15 is 0 Å². The van der Waals surface area contributed by atoms with Gasteiger partial charge in [-0.1, -0.05) is 6.92 Å². The molecule has 1 fully saturated rings. The van der Waals surface area contributed by atoms with E-state index in [4.69, 9.17) is 4.74 Å². The molecule has 1 atom stereocenters. The molecule has 0 aromatic carbocycles. The molecule has 0 aromatic rings. The second kappa shape index (κ2) is 5.83. The maximum Gasteiger partial charge on any atom is 0.0743 e. The molecule has 1 unspecified atom stereocenters. The lowest BCUT2D eigenvalue weighted by Gasteiger charge is -2.36. The smallest absolute Gasteiger partial charge is 0.0743 e. The third-order valence-corrected chi connectivity index (χ3v) is 3.26. The molecule has 0 aliphatic carbocycles. The highest BCUT2D eigenvalue weighted by Crippen LogP contribution is 2.17. The average molecular weight is 215 g/mol. The van der Waals surface area contributed by atoms with E-state index < -0.39 is 5.60 Å². The standard InChI is InChI=1S/C12H25NO2/c1-4-12(3,14)10-13-8-6-11(7-9-13)15-5-2/h11,14H,4-10H2,1-3H3. The first-order valence-electron chi connectivity index (χ1n) is 6.13. The maximum absolute atomic E-state index is 9.97. The minimum atomic E-state index is -0.529. The Hall–Kier alpha value is -0.120. The second-order valence-electron chi connectivity index (χ2n) is 4.78. The van der Waals surface area contributed by atoms with Crippen LogP contribution in [0.5, 0.6) is 0 Å². The van der Waals surface area contributed by atoms with Crippen LogP contribution in [0.4, 0.5) is 0 Å². The summed E-state index contributed by atoms with van der Waals surface area (Å²) in [5, 5.41) is 9.97. The summed E-state index contributed by atoms with van der Waals surface area (Å²) < 4.78 is 5.60. The van der Waals surface area contributed by atoms with Gasteiger partial charge in [0.25, 0.3) is 0 Å². The molecule has 1 aliphatic heterocycles. The van der Waals surface area contributed by atoms with Crippen molar-refractivity contribution in [3.63, 3.8) is 0 Å². The summed E-state index contributed by atoms with van der Waals surface area (Å²) in [4.78, 5) is 2.35. The number of hydrogen-bond donors (Lipinski definition) is 1. The zero-order valence-corrected chi connectivity index (χ0v) is 10.3. The Kier molecular flexibility index (Phi) is 5.03. The van der Waals surface area contributed by atoms with E-state index in [-0.39, 0.29) is 0 Å². The summed E-state index contributed by atoms with van der Waals surface area (Å²) in [7, 11) is 0. The molecule has 1 rings (SSSR count). The third kappa shape index (κ3) is 4.49. The predicted octanol–water partition coefficient (Wildman–Crippen LogP) is 1.65. The van der Waals surface area contributed by atoms with E-state index in [0.717, 1.165) is 45.5 Å². The first kappa shape index (κ1) is 12.9. The number of likely N-dealkylation sites (tertiary alicyclic amines) is 1. The molecular formula is C12H25NO2. The third-order valence-electron chi connectivity index (χ3n) is 3.26. The predicted molar refractivity (Wildman–Crippen MR) is 62.0 cm³/mol. The molecule has 1 heterocycles. The molecule has 1 N–H and O–H groups in total. The largest absolute Gasteiger partial charge is 0.389 e. The van der Waals surface area contributed by atoms with Gasteiger partial charge in [-0.05, 0) is 33.1 Å². The first-order chi connectivity index (χ1) is 7.07. The van der Waals surface area contributed by atoms with Crippen molar-refractivity contribution < 1.29 is 9.84 Å². The summed E-state index contributed by atoms with van der Waals surface area (Å²) in [5.41, 5.74) is -0.529. The van der Waals surface area contributed by atoms with Gasteiger partial charge in [0.1, 0.15) is 0 Å². The fourth-order valence-electron chi connectivity index (χ4n) is 2.06. The molecule has 0 radical (unpaired) electrons. The molecule has 0 bridgehead atoms. The number of rotatable bonds is 5. The molecular weight excluding hydrogens is 190 g/mol. The Morgan fingerprint density at radius 2 is 1.93 bits per heavy atom. The lowest BCUT2D eigenvalue weighted by molar-refractivity contribution is -0.0226. The molecule has 3 nitrogen and oxygen atoms in total. The van der Waals surface area contributed by atoms with E-state index in [1.165, 1.54) is 0 Å². The van der Waals surface area contributed by atoms with Crippen LogP contribution in [0.2, 0.25) is 0 Å². The van der Waals surface area contributed by atoms with Crippen molar-refractivity contribution in [2.45, 2.75) is 51.7 Å². The SMILES string of the molecule is CCOC1CCN(CC(C)(O)CC)CC1. The minimum absolute atomic E-state index is 0.442. The Labute approximate surface area is 93.4 Å². The number of ether oxygens (including phenoxy) is 1. The van der Waals surface area contributed by atoms with Crippen LogP contribution in [0.25, 0.3) is 0 Å². The van der Waals surface area contributed by atoms with Gasteiger partial charge in [0, 0.05) is 26.2 Å². The van der Waals surface area contributed by atoms with Gasteiger partial charge in [-0.2, -0.15) is 0 Å². The molecule has 1 saturated heterocycles. The summed E-state index contributed by atoms with van der Waals surface area (Å²) in [5.74, 6) is 0. The lowest BCUT2D eigenvalue weighted by Crippen LogP contribution is -2.45. The lowest BCUT2D eigenvalue weighted by atomic mass is 10.0. The average Bonchev–Trinajstić information content (AvgIpc) is 2.21. The van der Waals surface area contributed by atoms with Crippen LogP contribution in [0.3, 0.4) is 0 Å². The van der Waals surface area contributed by atoms with Gasteiger partial charge in [0.2, 0.25) is 0 Å². The second-order valence-corrected chi connectivity index (χ2v) is 4.78. The summed E-state index contributed by atoms with van der Waals surface area (Å²) in [6.45, 7) is 9.73. The molecule has 1 aliphatic rings. The van der Waals surface area contributed by atoms with Crippen molar-refractivity contribution in [3.8, 4) is 0 Å². The monoisotopic (exact) mass is 215 g/mol. The highest BCUT2D eigenvalue weighted by atomic mass is 16.5. The molecule has 3 heteroatoms. The Morgan fingerprint density at radius 1 is 1.33 bits per heavy atom. The van der Waals surface area contributed by atoms with Gasteiger partial charge in [0.15, 0.2) is 0 Å².